The van der Waals surface area contributed by atoms with E-state index < -0.39 is 17.8 Å². The van der Waals surface area contributed by atoms with Gasteiger partial charge in [-0.2, -0.15) is 13.2 Å². The molecule has 2 N–H and O–H groups in total. The van der Waals surface area contributed by atoms with Crippen LogP contribution in [0.2, 0.25) is 0 Å². The van der Waals surface area contributed by atoms with Crippen molar-refractivity contribution < 1.29 is 13.2 Å². The number of halogens is 3. The average molecular weight is 406 g/mol. The molecule has 1 heterocycles. The molecule has 0 spiro atoms. The van der Waals surface area contributed by atoms with Gasteiger partial charge in [-0.05, 0) is 47.9 Å². The molecule has 0 saturated heterocycles. The van der Waals surface area contributed by atoms with Gasteiger partial charge in [0, 0.05) is 28.4 Å². The number of para-hydroxylation sites is 1. The molecule has 1 atom stereocenters. The van der Waals surface area contributed by atoms with Crippen molar-refractivity contribution in [2.75, 3.05) is 5.32 Å². The summed E-state index contributed by atoms with van der Waals surface area (Å²) in [4.78, 5) is 3.24. The van der Waals surface area contributed by atoms with Gasteiger partial charge in [-0.1, -0.05) is 55.1 Å². The minimum atomic E-state index is -4.40. The summed E-state index contributed by atoms with van der Waals surface area (Å²) in [7, 11) is 0. The van der Waals surface area contributed by atoms with Crippen LogP contribution in [0.25, 0.3) is 16.5 Å². The minimum Gasteiger partial charge on any atom is -0.374 e. The molecule has 4 aromatic rings. The van der Waals surface area contributed by atoms with Crippen LogP contribution in [-0.2, 0) is 6.18 Å². The van der Waals surface area contributed by atoms with E-state index in [9.17, 15) is 13.2 Å². The number of hydrogen-bond acceptors (Lipinski definition) is 1. The van der Waals surface area contributed by atoms with Gasteiger partial charge in [0.1, 0.15) is 0 Å². The summed E-state index contributed by atoms with van der Waals surface area (Å²) in [5.74, 6) is 0. The Morgan fingerprint density at radius 1 is 0.967 bits per heavy atom. The highest BCUT2D eigenvalue weighted by Crippen LogP contribution is 2.37. The fraction of sp³-hybridized carbons (Fsp3) is 0.120. The van der Waals surface area contributed by atoms with Crippen LogP contribution in [-0.4, -0.2) is 4.98 Å². The lowest BCUT2D eigenvalue weighted by atomic mass is 9.93. The number of alkyl halides is 3. The largest absolute Gasteiger partial charge is 0.416 e. The lowest BCUT2D eigenvalue weighted by Gasteiger charge is -2.24. The third-order valence-electron chi connectivity index (χ3n) is 5.13. The monoisotopic (exact) mass is 406 g/mol. The number of aromatic nitrogens is 1. The summed E-state index contributed by atoms with van der Waals surface area (Å²) >= 11 is 0. The van der Waals surface area contributed by atoms with Gasteiger partial charge in [0.25, 0.3) is 0 Å². The van der Waals surface area contributed by atoms with E-state index >= 15 is 0 Å². The first-order valence-corrected chi connectivity index (χ1v) is 9.58. The summed E-state index contributed by atoms with van der Waals surface area (Å²) in [6, 6.07) is 21.1. The summed E-state index contributed by atoms with van der Waals surface area (Å²) in [6.45, 7) is 5.97. The van der Waals surface area contributed by atoms with Crippen molar-refractivity contribution in [3.8, 4) is 0 Å². The number of hydrogen-bond donors (Lipinski definition) is 2. The standard InChI is InChI=1S/C25H21F3N2/c1-16-12-19(25(26,27)28)14-20(13-16)30-24(18-8-4-3-5-9-18)17(2)22-15-29-23-11-7-6-10-21(22)23/h3-15,24,29-30H,2H2,1H3. The van der Waals surface area contributed by atoms with Crippen molar-refractivity contribution in [3.63, 3.8) is 0 Å². The third-order valence-corrected chi connectivity index (χ3v) is 5.13. The summed E-state index contributed by atoms with van der Waals surface area (Å²) in [5, 5.41) is 4.31. The highest BCUT2D eigenvalue weighted by atomic mass is 19.4. The normalized spacial score (nSPS) is 12.7. The Kier molecular flexibility index (Phi) is 5.12. The molecule has 5 heteroatoms. The molecule has 0 saturated carbocycles. The Bertz CT molecular complexity index is 1190. The molecule has 0 amide bonds. The Morgan fingerprint density at radius 3 is 2.40 bits per heavy atom. The quantitative estimate of drug-likeness (QED) is 0.356. The van der Waals surface area contributed by atoms with Gasteiger partial charge in [-0.25, -0.2) is 0 Å². The molecule has 0 aliphatic carbocycles. The SMILES string of the molecule is C=C(c1c[nH]c2ccccc12)C(Nc1cc(C)cc(C(F)(F)F)c1)c1ccccc1. The van der Waals surface area contributed by atoms with Crippen molar-refractivity contribution in [1.29, 1.82) is 0 Å². The Balaban J connectivity index is 1.77. The maximum absolute atomic E-state index is 13.3. The molecule has 30 heavy (non-hydrogen) atoms. The van der Waals surface area contributed by atoms with E-state index in [-0.39, 0.29) is 0 Å². The molecule has 0 bridgehead atoms. The minimum absolute atomic E-state index is 0.395. The van der Waals surface area contributed by atoms with Gasteiger partial charge in [0.15, 0.2) is 0 Å². The molecule has 2 nitrogen and oxygen atoms in total. The predicted octanol–water partition coefficient (Wildman–Crippen LogP) is 7.36. The van der Waals surface area contributed by atoms with Crippen molar-refractivity contribution in [1.82, 2.24) is 4.98 Å². The number of rotatable bonds is 5. The Labute approximate surface area is 173 Å². The van der Waals surface area contributed by atoms with Gasteiger partial charge < -0.3 is 10.3 Å². The van der Waals surface area contributed by atoms with Crippen LogP contribution in [0.3, 0.4) is 0 Å². The zero-order valence-corrected chi connectivity index (χ0v) is 16.4. The highest BCUT2D eigenvalue weighted by Gasteiger charge is 2.31. The number of aromatic amines is 1. The van der Waals surface area contributed by atoms with Crippen LogP contribution < -0.4 is 5.32 Å². The van der Waals surface area contributed by atoms with Crippen molar-refractivity contribution in [2.45, 2.75) is 19.1 Å². The van der Waals surface area contributed by atoms with Crippen LogP contribution >= 0.6 is 0 Å². The number of benzene rings is 3. The maximum Gasteiger partial charge on any atom is 0.416 e. The van der Waals surface area contributed by atoms with E-state index in [1.807, 2.05) is 60.8 Å². The molecule has 1 unspecified atom stereocenters. The predicted molar refractivity (Wildman–Crippen MR) is 116 cm³/mol. The fourth-order valence-corrected chi connectivity index (χ4v) is 3.71. The van der Waals surface area contributed by atoms with Gasteiger partial charge >= 0.3 is 6.18 Å². The van der Waals surface area contributed by atoms with Crippen LogP contribution in [0.15, 0.2) is 85.6 Å². The van der Waals surface area contributed by atoms with Crippen LogP contribution in [0, 0.1) is 6.92 Å². The average Bonchev–Trinajstić information content (AvgIpc) is 3.15. The zero-order valence-electron chi connectivity index (χ0n) is 16.4. The van der Waals surface area contributed by atoms with Crippen LogP contribution in [0.5, 0.6) is 0 Å². The molecular weight excluding hydrogens is 385 g/mol. The number of fused-ring (bicyclic) bond motifs is 1. The molecular formula is C25H21F3N2. The number of nitrogens with one attached hydrogen (secondary N) is 2. The smallest absolute Gasteiger partial charge is 0.374 e. The lowest BCUT2D eigenvalue weighted by molar-refractivity contribution is -0.137. The van der Waals surface area contributed by atoms with E-state index in [4.69, 9.17) is 0 Å². The Hall–Kier alpha value is -3.47. The zero-order chi connectivity index (χ0) is 21.3. The third kappa shape index (κ3) is 3.96. The van der Waals surface area contributed by atoms with Gasteiger partial charge in [0.05, 0.1) is 11.6 Å². The summed E-state index contributed by atoms with van der Waals surface area (Å²) in [6.07, 6.45) is -2.51. The number of aryl methyl sites for hydroxylation is 1. The van der Waals surface area contributed by atoms with Crippen molar-refractivity contribution in [2.24, 2.45) is 0 Å². The van der Waals surface area contributed by atoms with E-state index in [1.165, 1.54) is 0 Å². The first-order valence-electron chi connectivity index (χ1n) is 9.58. The fourth-order valence-electron chi connectivity index (χ4n) is 3.71. The molecule has 152 valence electrons. The van der Waals surface area contributed by atoms with Crippen LogP contribution in [0.4, 0.5) is 18.9 Å². The lowest BCUT2D eigenvalue weighted by Crippen LogP contribution is -2.14. The van der Waals surface area contributed by atoms with Gasteiger partial charge in [-0.3, -0.25) is 0 Å². The van der Waals surface area contributed by atoms with Crippen molar-refractivity contribution in [3.05, 3.63) is 108 Å². The Morgan fingerprint density at radius 2 is 1.67 bits per heavy atom. The topological polar surface area (TPSA) is 27.8 Å². The second-order valence-corrected chi connectivity index (χ2v) is 7.35. The van der Waals surface area contributed by atoms with Gasteiger partial charge in [-0.15, -0.1) is 0 Å². The van der Waals surface area contributed by atoms with Crippen molar-refractivity contribution >= 4 is 22.2 Å². The molecule has 0 aliphatic heterocycles. The van der Waals surface area contributed by atoms with Crippen LogP contribution in [0.1, 0.15) is 28.3 Å². The van der Waals surface area contributed by atoms with E-state index in [1.54, 1.807) is 13.0 Å². The maximum atomic E-state index is 13.3. The second kappa shape index (κ2) is 7.75. The molecule has 0 radical (unpaired) electrons. The first kappa shape index (κ1) is 19.8. The first-order chi connectivity index (χ1) is 14.3. The number of H-pyrrole nitrogens is 1. The highest BCUT2D eigenvalue weighted by molar-refractivity contribution is 5.94. The van der Waals surface area contributed by atoms with E-state index in [0.717, 1.165) is 39.7 Å². The van der Waals surface area contributed by atoms with Gasteiger partial charge in [0.2, 0.25) is 0 Å². The van der Waals surface area contributed by atoms with E-state index in [2.05, 4.69) is 16.9 Å². The number of anilines is 1. The summed E-state index contributed by atoms with van der Waals surface area (Å²) < 4.78 is 39.9. The molecule has 3 aromatic carbocycles. The van der Waals surface area contributed by atoms with E-state index in [0.29, 0.717) is 11.3 Å². The second-order valence-electron chi connectivity index (χ2n) is 7.35. The molecule has 4 rings (SSSR count). The summed E-state index contributed by atoms with van der Waals surface area (Å²) in [5.41, 5.74) is 3.87. The molecule has 0 aliphatic rings. The molecule has 0 fully saturated rings. The molecule has 1 aromatic heterocycles.